The molecule has 0 spiro atoms. The van der Waals surface area contributed by atoms with Gasteiger partial charge in [-0.15, -0.1) is 0 Å². The molecular formula is C15H18F3NO2. The first-order valence-electron chi connectivity index (χ1n) is 6.93. The minimum absolute atomic E-state index is 0.0613. The van der Waals surface area contributed by atoms with E-state index in [-0.39, 0.29) is 24.1 Å². The highest BCUT2D eigenvalue weighted by Crippen LogP contribution is 2.37. The van der Waals surface area contributed by atoms with E-state index in [1.54, 1.807) is 0 Å². The lowest BCUT2D eigenvalue weighted by Gasteiger charge is -2.26. The summed E-state index contributed by atoms with van der Waals surface area (Å²) in [7, 11) is 0. The van der Waals surface area contributed by atoms with Crippen molar-refractivity contribution in [1.29, 1.82) is 0 Å². The van der Waals surface area contributed by atoms with Crippen LogP contribution in [0.4, 0.5) is 13.2 Å². The first-order valence-corrected chi connectivity index (χ1v) is 6.93. The molecule has 1 fully saturated rings. The number of aliphatic hydroxyl groups excluding tert-OH is 1. The van der Waals surface area contributed by atoms with E-state index in [2.05, 4.69) is 5.32 Å². The van der Waals surface area contributed by atoms with E-state index >= 15 is 0 Å². The first-order chi connectivity index (χ1) is 9.88. The van der Waals surface area contributed by atoms with Gasteiger partial charge in [-0.1, -0.05) is 25.0 Å². The van der Waals surface area contributed by atoms with Crippen LogP contribution < -0.4 is 5.32 Å². The van der Waals surface area contributed by atoms with E-state index in [1.165, 1.54) is 18.2 Å². The van der Waals surface area contributed by atoms with Crippen molar-refractivity contribution < 1.29 is 23.1 Å². The Morgan fingerprint density at radius 3 is 2.43 bits per heavy atom. The van der Waals surface area contributed by atoms with Gasteiger partial charge in [-0.3, -0.25) is 4.79 Å². The fraction of sp³-hybridized carbons (Fsp3) is 0.533. The summed E-state index contributed by atoms with van der Waals surface area (Å²) < 4.78 is 38.6. The molecule has 0 aliphatic heterocycles. The molecule has 1 aromatic rings. The number of carbonyl (C=O) groups excluding carboxylic acids is 1. The summed E-state index contributed by atoms with van der Waals surface area (Å²) in [6, 6.07) is 4.72. The molecule has 2 N–H and O–H groups in total. The van der Waals surface area contributed by atoms with Crippen LogP contribution in [0.2, 0.25) is 0 Å². The summed E-state index contributed by atoms with van der Waals surface area (Å²) in [6.07, 6.45) is -1.06. The second-order valence-corrected chi connectivity index (χ2v) is 5.59. The summed E-state index contributed by atoms with van der Waals surface area (Å²) in [4.78, 5) is 12.0. The molecule has 0 heterocycles. The Hall–Kier alpha value is -1.56. The fourth-order valence-electron chi connectivity index (χ4n) is 2.81. The van der Waals surface area contributed by atoms with E-state index in [1.807, 2.05) is 0 Å². The maximum absolute atomic E-state index is 12.9. The third-order valence-electron chi connectivity index (χ3n) is 4.10. The number of hydrogen-bond acceptors (Lipinski definition) is 2. The third-order valence-corrected chi connectivity index (χ3v) is 4.10. The van der Waals surface area contributed by atoms with Crippen LogP contribution in [-0.2, 0) is 6.18 Å². The normalized spacial score (nSPS) is 17.7. The number of rotatable bonds is 4. The fourth-order valence-corrected chi connectivity index (χ4v) is 2.81. The molecule has 1 aromatic carbocycles. The van der Waals surface area contributed by atoms with Crippen molar-refractivity contribution in [2.45, 2.75) is 31.9 Å². The second kappa shape index (κ2) is 6.05. The molecule has 1 aliphatic carbocycles. The zero-order valence-corrected chi connectivity index (χ0v) is 11.5. The molecule has 1 amide bonds. The summed E-state index contributed by atoms with van der Waals surface area (Å²) in [5, 5.41) is 12.0. The Labute approximate surface area is 121 Å². The molecule has 0 unspecified atom stereocenters. The van der Waals surface area contributed by atoms with Crippen LogP contribution >= 0.6 is 0 Å². The average molecular weight is 301 g/mol. The topological polar surface area (TPSA) is 49.3 Å². The summed E-state index contributed by atoms with van der Waals surface area (Å²) >= 11 is 0. The van der Waals surface area contributed by atoms with Gasteiger partial charge >= 0.3 is 6.18 Å². The van der Waals surface area contributed by atoms with Crippen LogP contribution in [0.5, 0.6) is 0 Å². The molecule has 2 rings (SSSR count). The van der Waals surface area contributed by atoms with Gasteiger partial charge in [0.05, 0.1) is 17.7 Å². The number of carbonyl (C=O) groups is 1. The largest absolute Gasteiger partial charge is 0.417 e. The number of alkyl halides is 3. The minimum Gasteiger partial charge on any atom is -0.396 e. The van der Waals surface area contributed by atoms with Crippen molar-refractivity contribution in [3.63, 3.8) is 0 Å². The summed E-state index contributed by atoms with van der Waals surface area (Å²) in [6.45, 7) is 0.142. The molecular weight excluding hydrogens is 283 g/mol. The third kappa shape index (κ3) is 3.56. The lowest BCUT2D eigenvalue weighted by molar-refractivity contribution is -0.137. The number of aliphatic hydroxyl groups is 1. The van der Waals surface area contributed by atoms with Crippen LogP contribution in [0.1, 0.15) is 41.6 Å². The number of hydrogen-bond donors (Lipinski definition) is 2. The first kappa shape index (κ1) is 15.8. The highest BCUT2D eigenvalue weighted by Gasteiger charge is 2.36. The maximum atomic E-state index is 12.9. The van der Waals surface area contributed by atoms with Crippen LogP contribution in [0.3, 0.4) is 0 Å². The zero-order chi connectivity index (χ0) is 15.5. The van der Waals surface area contributed by atoms with E-state index in [0.29, 0.717) is 0 Å². The van der Waals surface area contributed by atoms with Gasteiger partial charge in [0, 0.05) is 12.0 Å². The smallest absolute Gasteiger partial charge is 0.396 e. The van der Waals surface area contributed by atoms with Gasteiger partial charge in [0.2, 0.25) is 0 Å². The van der Waals surface area contributed by atoms with Gasteiger partial charge in [0.1, 0.15) is 0 Å². The second-order valence-electron chi connectivity index (χ2n) is 5.59. The van der Waals surface area contributed by atoms with Gasteiger partial charge < -0.3 is 10.4 Å². The van der Waals surface area contributed by atoms with Crippen LogP contribution in [0.25, 0.3) is 0 Å². The van der Waals surface area contributed by atoms with Gasteiger partial charge in [-0.2, -0.15) is 13.2 Å². The summed E-state index contributed by atoms with van der Waals surface area (Å²) in [5.74, 6) is -0.748. The van der Waals surface area contributed by atoms with Gasteiger partial charge in [0.15, 0.2) is 0 Å². The number of halogens is 3. The standard InChI is InChI=1S/C15H18F3NO2/c16-15(17,18)12-6-2-1-5-11(12)13(21)19-9-14(10-20)7-3-4-8-14/h1-2,5-6,20H,3-4,7-10H2,(H,19,21). The SMILES string of the molecule is O=C(NCC1(CO)CCCC1)c1ccccc1C(F)(F)F. The molecule has 3 nitrogen and oxygen atoms in total. The van der Waals surface area contributed by atoms with E-state index < -0.39 is 17.6 Å². The number of benzene rings is 1. The van der Waals surface area contributed by atoms with Crippen molar-refractivity contribution in [3.8, 4) is 0 Å². The minimum atomic E-state index is -4.56. The average Bonchev–Trinajstić information content (AvgIpc) is 2.93. The number of nitrogens with one attached hydrogen (secondary N) is 1. The van der Waals surface area contributed by atoms with Crippen LogP contribution in [-0.4, -0.2) is 24.2 Å². The van der Waals surface area contributed by atoms with E-state index in [9.17, 15) is 23.1 Å². The van der Waals surface area contributed by atoms with Crippen molar-refractivity contribution in [3.05, 3.63) is 35.4 Å². The van der Waals surface area contributed by atoms with Crippen molar-refractivity contribution in [1.82, 2.24) is 5.32 Å². The summed E-state index contributed by atoms with van der Waals surface area (Å²) in [5.41, 5.74) is -1.70. The Bertz CT molecular complexity index is 508. The molecule has 0 aromatic heterocycles. The molecule has 1 aliphatic rings. The van der Waals surface area contributed by atoms with Crippen molar-refractivity contribution in [2.75, 3.05) is 13.2 Å². The van der Waals surface area contributed by atoms with Crippen LogP contribution in [0, 0.1) is 5.41 Å². The van der Waals surface area contributed by atoms with Crippen molar-refractivity contribution >= 4 is 5.91 Å². The molecule has 116 valence electrons. The Morgan fingerprint density at radius 1 is 1.24 bits per heavy atom. The molecule has 1 saturated carbocycles. The highest BCUT2D eigenvalue weighted by atomic mass is 19.4. The Morgan fingerprint density at radius 2 is 1.86 bits per heavy atom. The molecule has 0 atom stereocenters. The molecule has 21 heavy (non-hydrogen) atoms. The molecule has 0 saturated heterocycles. The highest BCUT2D eigenvalue weighted by molar-refractivity contribution is 5.95. The monoisotopic (exact) mass is 301 g/mol. The van der Waals surface area contributed by atoms with Gasteiger partial charge in [-0.25, -0.2) is 0 Å². The van der Waals surface area contributed by atoms with Gasteiger partial charge in [-0.05, 0) is 25.0 Å². The predicted octanol–water partition coefficient (Wildman–Crippen LogP) is 2.99. The van der Waals surface area contributed by atoms with Crippen LogP contribution in [0.15, 0.2) is 24.3 Å². The Balaban J connectivity index is 2.11. The quantitative estimate of drug-likeness (QED) is 0.898. The van der Waals surface area contributed by atoms with E-state index in [4.69, 9.17) is 0 Å². The molecule has 0 bridgehead atoms. The number of amides is 1. The van der Waals surface area contributed by atoms with Gasteiger partial charge in [0.25, 0.3) is 5.91 Å². The van der Waals surface area contributed by atoms with E-state index in [0.717, 1.165) is 31.7 Å². The lowest BCUT2D eigenvalue weighted by Crippen LogP contribution is -2.38. The zero-order valence-electron chi connectivity index (χ0n) is 11.5. The maximum Gasteiger partial charge on any atom is 0.417 e. The molecule has 6 heteroatoms. The lowest BCUT2D eigenvalue weighted by atomic mass is 9.87. The predicted molar refractivity (Wildman–Crippen MR) is 71.8 cm³/mol. The Kier molecular flexibility index (Phi) is 4.56. The molecule has 0 radical (unpaired) electrons. The van der Waals surface area contributed by atoms with Crippen molar-refractivity contribution in [2.24, 2.45) is 5.41 Å².